The Kier molecular flexibility index (Phi) is 4.90. The van der Waals surface area contributed by atoms with Crippen molar-refractivity contribution in [1.29, 1.82) is 0 Å². The highest BCUT2D eigenvalue weighted by Crippen LogP contribution is 2.20. The SMILES string of the molecule is CCC(C)N(CCO)C(=O)C(F)(F)F. The second-order valence-electron chi connectivity index (χ2n) is 2.98. The number of carbonyl (C=O) groups is 1. The molecule has 0 saturated carbocycles. The first-order chi connectivity index (χ1) is 6.34. The van der Waals surface area contributed by atoms with Crippen LogP contribution in [0.4, 0.5) is 13.2 Å². The molecule has 6 heteroatoms. The van der Waals surface area contributed by atoms with Gasteiger partial charge in [0.2, 0.25) is 0 Å². The van der Waals surface area contributed by atoms with Crippen LogP contribution < -0.4 is 0 Å². The predicted molar refractivity (Wildman–Crippen MR) is 44.6 cm³/mol. The lowest BCUT2D eigenvalue weighted by atomic mass is 10.2. The first-order valence-electron chi connectivity index (χ1n) is 4.33. The summed E-state index contributed by atoms with van der Waals surface area (Å²) in [5, 5.41) is 8.53. The van der Waals surface area contributed by atoms with Crippen LogP contribution in [0.1, 0.15) is 20.3 Å². The lowest BCUT2D eigenvalue weighted by molar-refractivity contribution is -0.188. The minimum absolute atomic E-state index is 0.284. The first kappa shape index (κ1) is 13.2. The molecule has 84 valence electrons. The Bertz CT molecular complexity index is 194. The molecule has 0 spiro atoms. The number of hydrogen-bond donors (Lipinski definition) is 1. The van der Waals surface area contributed by atoms with Crippen molar-refractivity contribution in [3.63, 3.8) is 0 Å². The summed E-state index contributed by atoms with van der Waals surface area (Å²) in [6, 6.07) is -0.517. The van der Waals surface area contributed by atoms with Crippen LogP contribution in [0.5, 0.6) is 0 Å². The highest BCUT2D eigenvalue weighted by molar-refractivity contribution is 5.82. The fourth-order valence-corrected chi connectivity index (χ4v) is 1.01. The Balaban J connectivity index is 4.57. The molecular weight excluding hydrogens is 199 g/mol. The van der Waals surface area contributed by atoms with Gasteiger partial charge in [0.1, 0.15) is 0 Å². The average molecular weight is 213 g/mol. The molecule has 14 heavy (non-hydrogen) atoms. The Morgan fingerprint density at radius 3 is 2.29 bits per heavy atom. The molecule has 0 rings (SSSR count). The minimum atomic E-state index is -4.86. The third-order valence-electron chi connectivity index (χ3n) is 1.97. The van der Waals surface area contributed by atoms with Gasteiger partial charge in [0, 0.05) is 12.6 Å². The standard InChI is InChI=1S/C8H14F3NO2/c1-3-6(2)12(4-5-13)7(14)8(9,10)11/h6,13H,3-5H2,1-2H3. The molecule has 0 aliphatic carbocycles. The number of nitrogens with zero attached hydrogens (tertiary/aromatic N) is 1. The molecule has 1 N–H and O–H groups in total. The van der Waals surface area contributed by atoms with Gasteiger partial charge in [-0.15, -0.1) is 0 Å². The zero-order valence-electron chi connectivity index (χ0n) is 8.14. The van der Waals surface area contributed by atoms with Crippen molar-refractivity contribution >= 4 is 5.91 Å². The van der Waals surface area contributed by atoms with E-state index in [4.69, 9.17) is 5.11 Å². The Morgan fingerprint density at radius 2 is 2.00 bits per heavy atom. The van der Waals surface area contributed by atoms with Crippen LogP contribution in [-0.4, -0.2) is 41.3 Å². The van der Waals surface area contributed by atoms with Gasteiger partial charge in [-0.1, -0.05) is 6.92 Å². The number of alkyl halides is 3. The number of halogens is 3. The maximum absolute atomic E-state index is 12.0. The largest absolute Gasteiger partial charge is 0.471 e. The number of aliphatic hydroxyl groups excluding tert-OH is 1. The molecule has 0 aromatic carbocycles. The maximum Gasteiger partial charge on any atom is 0.471 e. The Labute approximate surface area is 80.5 Å². The lowest BCUT2D eigenvalue weighted by Crippen LogP contribution is -2.47. The van der Waals surface area contributed by atoms with Crippen molar-refractivity contribution in [3.8, 4) is 0 Å². The number of hydrogen-bond acceptors (Lipinski definition) is 2. The second-order valence-corrected chi connectivity index (χ2v) is 2.98. The van der Waals surface area contributed by atoms with Crippen molar-refractivity contribution in [2.24, 2.45) is 0 Å². The first-order valence-corrected chi connectivity index (χ1v) is 4.33. The molecule has 0 heterocycles. The van der Waals surface area contributed by atoms with Gasteiger partial charge in [-0.3, -0.25) is 4.79 Å². The lowest BCUT2D eigenvalue weighted by Gasteiger charge is -2.28. The third kappa shape index (κ3) is 3.53. The van der Waals surface area contributed by atoms with Crippen LogP contribution >= 0.6 is 0 Å². The van der Waals surface area contributed by atoms with Gasteiger partial charge in [-0.2, -0.15) is 13.2 Å². The van der Waals surface area contributed by atoms with E-state index in [1.165, 1.54) is 6.92 Å². The highest BCUT2D eigenvalue weighted by Gasteiger charge is 2.43. The molecule has 1 atom stereocenters. The summed E-state index contributed by atoms with van der Waals surface area (Å²) >= 11 is 0. The zero-order valence-corrected chi connectivity index (χ0v) is 8.14. The van der Waals surface area contributed by atoms with Crippen LogP contribution in [-0.2, 0) is 4.79 Å². The van der Waals surface area contributed by atoms with E-state index in [0.717, 1.165) is 0 Å². The normalized spacial score (nSPS) is 13.9. The van der Waals surface area contributed by atoms with Gasteiger partial charge in [-0.25, -0.2) is 0 Å². The molecule has 0 radical (unpaired) electrons. The summed E-state index contributed by atoms with van der Waals surface area (Å²) in [4.78, 5) is 11.5. The van der Waals surface area contributed by atoms with Crippen LogP contribution in [0.2, 0.25) is 0 Å². The van der Waals surface area contributed by atoms with Crippen molar-refractivity contribution in [3.05, 3.63) is 0 Å². The predicted octanol–water partition coefficient (Wildman–Crippen LogP) is 1.17. The molecule has 0 fully saturated rings. The summed E-state index contributed by atoms with van der Waals surface area (Å²) in [6.45, 7) is 2.44. The van der Waals surface area contributed by atoms with E-state index in [0.29, 0.717) is 11.3 Å². The van der Waals surface area contributed by atoms with Gasteiger partial charge in [0.15, 0.2) is 0 Å². The molecule has 1 amide bonds. The van der Waals surface area contributed by atoms with Crippen molar-refractivity contribution < 1.29 is 23.1 Å². The van der Waals surface area contributed by atoms with Gasteiger partial charge in [0.25, 0.3) is 0 Å². The van der Waals surface area contributed by atoms with Crippen molar-refractivity contribution in [2.75, 3.05) is 13.2 Å². The topological polar surface area (TPSA) is 40.5 Å². The van der Waals surface area contributed by atoms with Gasteiger partial charge < -0.3 is 10.0 Å². The van der Waals surface area contributed by atoms with Crippen LogP contribution in [0.3, 0.4) is 0 Å². The van der Waals surface area contributed by atoms with Crippen molar-refractivity contribution in [2.45, 2.75) is 32.5 Å². The van der Waals surface area contributed by atoms with Crippen LogP contribution in [0.15, 0.2) is 0 Å². The fraction of sp³-hybridized carbons (Fsp3) is 0.875. The van der Waals surface area contributed by atoms with E-state index < -0.39 is 24.7 Å². The van der Waals surface area contributed by atoms with E-state index >= 15 is 0 Å². The number of carbonyl (C=O) groups excluding carboxylic acids is 1. The molecule has 3 nitrogen and oxygen atoms in total. The molecule has 0 aromatic rings. The van der Waals surface area contributed by atoms with Gasteiger partial charge in [-0.05, 0) is 13.3 Å². The van der Waals surface area contributed by atoms with Crippen molar-refractivity contribution in [1.82, 2.24) is 4.90 Å². The van der Waals surface area contributed by atoms with Gasteiger partial charge in [0.05, 0.1) is 6.61 Å². The molecule has 1 unspecified atom stereocenters. The zero-order chi connectivity index (χ0) is 11.4. The average Bonchev–Trinajstić information content (AvgIpc) is 2.10. The van der Waals surface area contributed by atoms with E-state index in [1.54, 1.807) is 6.92 Å². The quantitative estimate of drug-likeness (QED) is 0.761. The second kappa shape index (κ2) is 5.19. The monoisotopic (exact) mass is 213 g/mol. The van der Waals surface area contributed by atoms with E-state index in [9.17, 15) is 18.0 Å². The minimum Gasteiger partial charge on any atom is -0.395 e. The number of aliphatic hydroxyl groups is 1. The summed E-state index contributed by atoms with van der Waals surface area (Å²) < 4.78 is 36.1. The van der Waals surface area contributed by atoms with Crippen LogP contribution in [0, 0.1) is 0 Å². The van der Waals surface area contributed by atoms with E-state index in [1.807, 2.05) is 0 Å². The molecule has 0 saturated heterocycles. The fourth-order valence-electron chi connectivity index (χ4n) is 1.01. The molecule has 0 aliphatic rings. The number of rotatable bonds is 4. The smallest absolute Gasteiger partial charge is 0.395 e. The van der Waals surface area contributed by atoms with Gasteiger partial charge >= 0.3 is 12.1 Å². The molecule has 0 aromatic heterocycles. The van der Waals surface area contributed by atoms with Crippen LogP contribution in [0.25, 0.3) is 0 Å². The summed E-state index contributed by atoms with van der Waals surface area (Å²) in [6.07, 6.45) is -4.44. The summed E-state index contributed by atoms with van der Waals surface area (Å²) in [5.41, 5.74) is 0. The maximum atomic E-state index is 12.0. The van der Waals surface area contributed by atoms with E-state index in [2.05, 4.69) is 0 Å². The molecular formula is C8H14F3NO2. The summed E-state index contributed by atoms with van der Waals surface area (Å²) in [7, 11) is 0. The third-order valence-corrected chi connectivity index (χ3v) is 1.97. The molecule has 0 bridgehead atoms. The summed E-state index contributed by atoms with van der Waals surface area (Å²) in [5.74, 6) is -1.89. The van der Waals surface area contributed by atoms with E-state index in [-0.39, 0.29) is 6.54 Å². The number of amides is 1. The highest BCUT2D eigenvalue weighted by atomic mass is 19.4. The Hall–Kier alpha value is -0.780. The Morgan fingerprint density at radius 1 is 1.50 bits per heavy atom. The molecule has 0 aliphatic heterocycles.